The molecule has 0 radical (unpaired) electrons. The molecule has 22 heavy (non-hydrogen) atoms. The molecule has 5 nitrogen and oxygen atoms in total. The molecule has 1 aromatic carbocycles. The Labute approximate surface area is 128 Å². The van der Waals surface area contributed by atoms with Crippen molar-refractivity contribution in [1.29, 1.82) is 5.26 Å². The van der Waals surface area contributed by atoms with Crippen LogP contribution in [0.4, 0.5) is 0 Å². The summed E-state index contributed by atoms with van der Waals surface area (Å²) in [5.41, 5.74) is 0.549. The van der Waals surface area contributed by atoms with E-state index >= 15 is 0 Å². The zero-order valence-corrected chi connectivity index (χ0v) is 12.1. The molecular weight excluding hydrogens is 280 g/mol. The second kappa shape index (κ2) is 7.14. The third kappa shape index (κ3) is 3.76. The molecule has 0 saturated carbocycles. The predicted octanol–water partition coefficient (Wildman–Crippen LogP) is 3.16. The standard InChI is InChI=1S/C17H16N2O3/c1-2-15(16-7-4-8-22-16)19-17(21)13(11-18)9-12-5-3-6-14(20)10-12/h3-10,15,20H,2H2,1H3,(H,19,21)/b13-9+. The van der Waals surface area contributed by atoms with E-state index in [-0.39, 0.29) is 17.4 Å². The lowest BCUT2D eigenvalue weighted by Gasteiger charge is -2.14. The van der Waals surface area contributed by atoms with Gasteiger partial charge in [0.25, 0.3) is 5.91 Å². The van der Waals surface area contributed by atoms with Crippen LogP contribution in [0.25, 0.3) is 6.08 Å². The zero-order chi connectivity index (χ0) is 15.9. The summed E-state index contributed by atoms with van der Waals surface area (Å²) in [4.78, 5) is 12.2. The first-order valence-corrected chi connectivity index (χ1v) is 6.89. The van der Waals surface area contributed by atoms with Crippen LogP contribution in [0.1, 0.15) is 30.7 Å². The SMILES string of the molecule is CCC(NC(=O)/C(C#N)=C/c1cccc(O)c1)c1ccco1. The van der Waals surface area contributed by atoms with Gasteiger partial charge in [0.1, 0.15) is 23.2 Å². The van der Waals surface area contributed by atoms with E-state index in [9.17, 15) is 15.2 Å². The van der Waals surface area contributed by atoms with Crippen molar-refractivity contribution in [2.75, 3.05) is 0 Å². The third-order valence-corrected chi connectivity index (χ3v) is 3.15. The first kappa shape index (κ1) is 15.4. The first-order valence-electron chi connectivity index (χ1n) is 6.89. The Morgan fingerprint density at radius 1 is 1.45 bits per heavy atom. The Bertz CT molecular complexity index is 712. The minimum Gasteiger partial charge on any atom is -0.508 e. The molecule has 1 amide bonds. The summed E-state index contributed by atoms with van der Waals surface area (Å²) in [7, 11) is 0. The van der Waals surface area contributed by atoms with Crippen LogP contribution in [0.5, 0.6) is 5.75 Å². The van der Waals surface area contributed by atoms with Crippen molar-refractivity contribution in [2.45, 2.75) is 19.4 Å². The van der Waals surface area contributed by atoms with Crippen LogP contribution in [0.15, 0.2) is 52.7 Å². The third-order valence-electron chi connectivity index (χ3n) is 3.15. The van der Waals surface area contributed by atoms with E-state index in [4.69, 9.17) is 4.42 Å². The molecule has 1 aromatic heterocycles. The van der Waals surface area contributed by atoms with E-state index in [1.807, 2.05) is 13.0 Å². The maximum Gasteiger partial charge on any atom is 0.262 e. The Kier molecular flexibility index (Phi) is 4.99. The molecule has 1 heterocycles. The molecule has 112 valence electrons. The van der Waals surface area contributed by atoms with E-state index in [2.05, 4.69) is 5.32 Å². The molecule has 1 atom stereocenters. The van der Waals surface area contributed by atoms with E-state index in [0.717, 1.165) is 0 Å². The lowest BCUT2D eigenvalue weighted by atomic mass is 10.1. The predicted molar refractivity (Wildman–Crippen MR) is 81.6 cm³/mol. The molecule has 0 fully saturated rings. The fourth-order valence-electron chi connectivity index (χ4n) is 2.03. The van der Waals surface area contributed by atoms with E-state index < -0.39 is 5.91 Å². The first-order chi connectivity index (χ1) is 10.6. The molecule has 1 unspecified atom stereocenters. The number of amides is 1. The van der Waals surface area contributed by atoms with Crippen LogP contribution in [0.3, 0.4) is 0 Å². The van der Waals surface area contributed by atoms with Crippen LogP contribution >= 0.6 is 0 Å². The number of phenols is 1. The van der Waals surface area contributed by atoms with Crippen molar-refractivity contribution in [1.82, 2.24) is 5.32 Å². The van der Waals surface area contributed by atoms with Crippen molar-refractivity contribution < 1.29 is 14.3 Å². The molecule has 0 spiro atoms. The number of phenolic OH excluding ortho intramolecular Hbond substituents is 1. The Morgan fingerprint density at radius 2 is 2.27 bits per heavy atom. The quantitative estimate of drug-likeness (QED) is 0.655. The number of hydrogen-bond acceptors (Lipinski definition) is 4. The summed E-state index contributed by atoms with van der Waals surface area (Å²) in [6, 6.07) is 11.5. The van der Waals surface area contributed by atoms with Crippen molar-refractivity contribution in [3.05, 3.63) is 59.6 Å². The second-order valence-corrected chi connectivity index (χ2v) is 4.71. The summed E-state index contributed by atoms with van der Waals surface area (Å²) in [6.45, 7) is 1.92. The van der Waals surface area contributed by atoms with Gasteiger partial charge in [0, 0.05) is 0 Å². The highest BCUT2D eigenvalue weighted by Crippen LogP contribution is 2.18. The van der Waals surface area contributed by atoms with Crippen molar-refractivity contribution in [2.24, 2.45) is 0 Å². The van der Waals surface area contributed by atoms with Gasteiger partial charge in [0.15, 0.2) is 0 Å². The number of rotatable bonds is 5. The fourth-order valence-corrected chi connectivity index (χ4v) is 2.03. The van der Waals surface area contributed by atoms with E-state index in [1.54, 1.807) is 24.3 Å². The molecule has 5 heteroatoms. The lowest BCUT2D eigenvalue weighted by molar-refractivity contribution is -0.117. The van der Waals surface area contributed by atoms with Gasteiger partial charge in [-0.2, -0.15) is 5.26 Å². The maximum atomic E-state index is 12.2. The number of carbonyl (C=O) groups is 1. The van der Waals surface area contributed by atoms with Gasteiger partial charge < -0.3 is 14.8 Å². The lowest BCUT2D eigenvalue weighted by Crippen LogP contribution is -2.28. The van der Waals surface area contributed by atoms with Crippen LogP contribution in [-0.2, 0) is 4.79 Å². The Hall–Kier alpha value is -3.00. The van der Waals surface area contributed by atoms with Crippen LogP contribution in [0.2, 0.25) is 0 Å². The topological polar surface area (TPSA) is 86.3 Å². The molecular formula is C17H16N2O3. The largest absolute Gasteiger partial charge is 0.508 e. The van der Waals surface area contributed by atoms with Gasteiger partial charge in [-0.05, 0) is 42.3 Å². The van der Waals surface area contributed by atoms with Crippen molar-refractivity contribution in [3.8, 4) is 11.8 Å². The van der Waals surface area contributed by atoms with Crippen LogP contribution < -0.4 is 5.32 Å². The number of nitriles is 1. The van der Waals surface area contributed by atoms with E-state index in [0.29, 0.717) is 17.7 Å². The highest BCUT2D eigenvalue weighted by molar-refractivity contribution is 6.01. The van der Waals surface area contributed by atoms with Crippen molar-refractivity contribution in [3.63, 3.8) is 0 Å². The molecule has 0 bridgehead atoms. The molecule has 0 aliphatic carbocycles. The van der Waals surface area contributed by atoms with Gasteiger partial charge >= 0.3 is 0 Å². The summed E-state index contributed by atoms with van der Waals surface area (Å²) in [5.74, 6) is 0.244. The van der Waals surface area contributed by atoms with Gasteiger partial charge in [-0.3, -0.25) is 4.79 Å². The number of carbonyl (C=O) groups excluding carboxylic acids is 1. The van der Waals surface area contributed by atoms with E-state index in [1.165, 1.54) is 24.5 Å². The molecule has 0 aliphatic heterocycles. The number of aromatic hydroxyl groups is 1. The Balaban J connectivity index is 2.17. The van der Waals surface area contributed by atoms with Gasteiger partial charge in [-0.15, -0.1) is 0 Å². The zero-order valence-electron chi connectivity index (χ0n) is 12.1. The number of benzene rings is 1. The highest BCUT2D eigenvalue weighted by Gasteiger charge is 2.17. The average Bonchev–Trinajstić information content (AvgIpc) is 3.04. The summed E-state index contributed by atoms with van der Waals surface area (Å²) >= 11 is 0. The average molecular weight is 296 g/mol. The highest BCUT2D eigenvalue weighted by atomic mass is 16.3. The monoisotopic (exact) mass is 296 g/mol. The summed E-state index contributed by atoms with van der Waals surface area (Å²) in [5, 5.41) is 21.4. The number of nitrogens with one attached hydrogen (secondary N) is 1. The molecule has 0 aliphatic rings. The molecule has 2 rings (SSSR count). The minimum atomic E-state index is -0.478. The smallest absolute Gasteiger partial charge is 0.262 e. The molecule has 0 saturated heterocycles. The van der Waals surface area contributed by atoms with Crippen LogP contribution in [0, 0.1) is 11.3 Å². The van der Waals surface area contributed by atoms with Gasteiger partial charge in [0.05, 0.1) is 12.3 Å². The Morgan fingerprint density at radius 3 is 2.86 bits per heavy atom. The minimum absolute atomic E-state index is 0.0318. The summed E-state index contributed by atoms with van der Waals surface area (Å²) in [6.07, 6.45) is 3.62. The molecule has 2 N–H and O–H groups in total. The molecule has 2 aromatic rings. The maximum absolute atomic E-state index is 12.2. The van der Waals surface area contributed by atoms with Crippen molar-refractivity contribution >= 4 is 12.0 Å². The second-order valence-electron chi connectivity index (χ2n) is 4.71. The van der Waals surface area contributed by atoms with Gasteiger partial charge in [-0.25, -0.2) is 0 Å². The number of nitrogens with zero attached hydrogens (tertiary/aromatic N) is 1. The summed E-state index contributed by atoms with van der Waals surface area (Å²) < 4.78 is 5.28. The fraction of sp³-hybridized carbons (Fsp3) is 0.176. The normalized spacial score (nSPS) is 12.5. The number of furan rings is 1. The van der Waals surface area contributed by atoms with Gasteiger partial charge in [0.2, 0.25) is 0 Å². The number of hydrogen-bond donors (Lipinski definition) is 2. The van der Waals surface area contributed by atoms with Gasteiger partial charge in [-0.1, -0.05) is 19.1 Å². The van der Waals surface area contributed by atoms with Crippen LogP contribution in [-0.4, -0.2) is 11.0 Å².